The molecule has 0 radical (unpaired) electrons. The third-order valence-electron chi connectivity index (χ3n) is 4.83. The Morgan fingerprint density at radius 3 is 2.45 bits per heavy atom. The van der Waals surface area contributed by atoms with E-state index < -0.39 is 32.7 Å². The van der Waals surface area contributed by atoms with Crippen LogP contribution in [-0.4, -0.2) is 18.7 Å². The molecule has 1 fully saturated rings. The fourth-order valence-electron chi connectivity index (χ4n) is 3.07. The third kappa shape index (κ3) is 4.12. The zero-order valence-electron chi connectivity index (χ0n) is 15.2. The number of rotatable bonds is 6. The first-order valence-corrected chi connectivity index (χ1v) is 10.6. The number of sulfonamides is 1. The van der Waals surface area contributed by atoms with Gasteiger partial charge >= 0.3 is 0 Å². The molecule has 0 saturated heterocycles. The molecule has 1 aromatic heterocycles. The van der Waals surface area contributed by atoms with E-state index in [1.54, 1.807) is 30.6 Å². The zero-order valence-corrected chi connectivity index (χ0v) is 16.0. The lowest BCUT2D eigenvalue weighted by molar-refractivity contribution is 0.500. The van der Waals surface area contributed by atoms with Crippen LogP contribution < -0.4 is 4.72 Å². The predicted octanol–water partition coefficient (Wildman–Crippen LogP) is 4.66. The minimum absolute atomic E-state index is 0.0773. The second-order valence-corrected chi connectivity index (χ2v) is 8.92. The van der Waals surface area contributed by atoms with E-state index in [0.29, 0.717) is 24.0 Å². The van der Waals surface area contributed by atoms with Gasteiger partial charge in [0, 0.05) is 29.9 Å². The number of hydrogen-bond acceptors (Lipinski definition) is 3. The van der Waals surface area contributed by atoms with Gasteiger partial charge in [-0.15, -0.1) is 0 Å². The summed E-state index contributed by atoms with van der Waals surface area (Å²) in [4.78, 5) is 3.99. The summed E-state index contributed by atoms with van der Waals surface area (Å²) in [5.74, 6) is -2.93. The largest absolute Gasteiger partial charge is 0.283 e. The summed E-state index contributed by atoms with van der Waals surface area (Å²) < 4.78 is 69.7. The smallest absolute Gasteiger partial charge is 0.235 e. The van der Waals surface area contributed by atoms with Crippen LogP contribution in [0.3, 0.4) is 0 Å². The standard InChI is InChI=1S/C21H17F3N2O2S/c22-18-7-8-20(26-29(27,28)16-5-6-16)17(21(18)24)10-14-4-3-13(11-19(14)23)15-2-1-9-25-12-15/h1-4,7-9,11-12,16,26H,5-6,10H2. The molecule has 1 aliphatic carbocycles. The van der Waals surface area contributed by atoms with E-state index in [-0.39, 0.29) is 23.2 Å². The summed E-state index contributed by atoms with van der Waals surface area (Å²) in [6.07, 6.45) is 3.94. The van der Waals surface area contributed by atoms with Crippen LogP contribution >= 0.6 is 0 Å². The Hall–Kier alpha value is -2.87. The molecule has 4 nitrogen and oxygen atoms in total. The highest BCUT2D eigenvalue weighted by atomic mass is 32.2. The minimum Gasteiger partial charge on any atom is -0.283 e. The van der Waals surface area contributed by atoms with Gasteiger partial charge < -0.3 is 0 Å². The van der Waals surface area contributed by atoms with E-state index in [0.717, 1.165) is 12.1 Å². The maximum absolute atomic E-state index is 14.7. The molecule has 0 amide bonds. The summed E-state index contributed by atoms with van der Waals surface area (Å²) in [6.45, 7) is 0. The van der Waals surface area contributed by atoms with Crippen molar-refractivity contribution in [3.8, 4) is 11.1 Å². The quantitative estimate of drug-likeness (QED) is 0.633. The van der Waals surface area contributed by atoms with Crippen LogP contribution in [0.4, 0.5) is 18.9 Å². The summed E-state index contributed by atoms with van der Waals surface area (Å²) in [5.41, 5.74) is 1.12. The lowest BCUT2D eigenvalue weighted by atomic mass is 9.99. The van der Waals surface area contributed by atoms with Gasteiger partial charge in [-0.1, -0.05) is 18.2 Å². The average Bonchev–Trinajstić information content (AvgIpc) is 3.55. The molecule has 1 aliphatic rings. The third-order valence-corrected chi connectivity index (χ3v) is 6.68. The summed E-state index contributed by atoms with van der Waals surface area (Å²) >= 11 is 0. The zero-order chi connectivity index (χ0) is 20.6. The molecule has 8 heteroatoms. The monoisotopic (exact) mass is 418 g/mol. The van der Waals surface area contributed by atoms with E-state index in [9.17, 15) is 21.6 Å². The van der Waals surface area contributed by atoms with E-state index in [4.69, 9.17) is 0 Å². The van der Waals surface area contributed by atoms with Crippen molar-refractivity contribution in [1.29, 1.82) is 0 Å². The maximum Gasteiger partial charge on any atom is 0.235 e. The average molecular weight is 418 g/mol. The van der Waals surface area contributed by atoms with Crippen molar-refractivity contribution in [2.24, 2.45) is 0 Å². The van der Waals surface area contributed by atoms with Gasteiger partial charge in [-0.25, -0.2) is 21.6 Å². The van der Waals surface area contributed by atoms with Crippen LogP contribution in [-0.2, 0) is 16.4 Å². The Kier molecular flexibility index (Phi) is 5.04. The lowest BCUT2D eigenvalue weighted by Crippen LogP contribution is -2.19. The van der Waals surface area contributed by atoms with Crippen LogP contribution in [0.1, 0.15) is 24.0 Å². The molecule has 4 rings (SSSR count). The van der Waals surface area contributed by atoms with E-state index in [1.807, 2.05) is 0 Å². The van der Waals surface area contributed by atoms with Gasteiger partial charge in [0.15, 0.2) is 11.6 Å². The Balaban J connectivity index is 1.68. The van der Waals surface area contributed by atoms with E-state index in [1.165, 1.54) is 12.1 Å². The first-order valence-electron chi connectivity index (χ1n) is 9.02. The topological polar surface area (TPSA) is 59.1 Å². The first-order chi connectivity index (χ1) is 13.8. The first kappa shape index (κ1) is 19.4. The molecule has 1 N–H and O–H groups in total. The SMILES string of the molecule is O=S(=O)(Nc1ccc(F)c(F)c1Cc1ccc(-c2cccnc2)cc1F)C1CC1. The Labute approximate surface area is 166 Å². The number of benzene rings is 2. The fraction of sp³-hybridized carbons (Fsp3) is 0.190. The lowest BCUT2D eigenvalue weighted by Gasteiger charge is -2.14. The number of pyridine rings is 1. The van der Waals surface area contributed by atoms with Crippen molar-refractivity contribution in [3.05, 3.63) is 83.4 Å². The van der Waals surface area contributed by atoms with E-state index >= 15 is 0 Å². The molecule has 2 aromatic carbocycles. The Morgan fingerprint density at radius 1 is 1.00 bits per heavy atom. The van der Waals surface area contributed by atoms with E-state index in [2.05, 4.69) is 9.71 Å². The van der Waals surface area contributed by atoms with Gasteiger partial charge in [0.05, 0.1) is 10.9 Å². The van der Waals surface area contributed by atoms with Crippen LogP contribution in [0.2, 0.25) is 0 Å². The number of anilines is 1. The number of nitrogens with zero attached hydrogens (tertiary/aromatic N) is 1. The van der Waals surface area contributed by atoms with Crippen molar-refractivity contribution < 1.29 is 21.6 Å². The Morgan fingerprint density at radius 2 is 1.79 bits per heavy atom. The molecule has 0 aliphatic heterocycles. The number of aromatic nitrogens is 1. The molecule has 0 atom stereocenters. The minimum atomic E-state index is -3.68. The van der Waals surface area contributed by atoms with Gasteiger partial charge in [-0.3, -0.25) is 9.71 Å². The summed E-state index contributed by atoms with van der Waals surface area (Å²) in [7, 11) is -3.68. The van der Waals surface area contributed by atoms with Crippen LogP contribution in [0.25, 0.3) is 11.1 Å². The fourth-order valence-corrected chi connectivity index (χ4v) is 4.49. The van der Waals surface area contributed by atoms with Crippen molar-refractivity contribution in [2.75, 3.05) is 4.72 Å². The molecular formula is C21H17F3N2O2S. The molecular weight excluding hydrogens is 401 g/mol. The van der Waals surface area contributed by atoms with Crippen LogP contribution in [0.5, 0.6) is 0 Å². The second-order valence-electron chi connectivity index (χ2n) is 6.96. The Bertz CT molecular complexity index is 1160. The number of hydrogen-bond donors (Lipinski definition) is 1. The molecule has 0 spiro atoms. The highest BCUT2D eigenvalue weighted by Crippen LogP contribution is 2.33. The second kappa shape index (κ2) is 7.51. The summed E-state index contributed by atoms with van der Waals surface area (Å²) in [5, 5.41) is -0.529. The van der Waals surface area contributed by atoms with Gasteiger partial charge in [-0.05, 0) is 48.2 Å². The molecule has 150 valence electrons. The molecule has 0 bridgehead atoms. The number of halogens is 3. The van der Waals surface area contributed by atoms with Crippen molar-refractivity contribution in [1.82, 2.24) is 4.98 Å². The molecule has 1 heterocycles. The molecule has 3 aromatic rings. The molecule has 0 unspecified atom stereocenters. The molecule has 1 saturated carbocycles. The normalized spacial score (nSPS) is 14.0. The highest BCUT2D eigenvalue weighted by molar-refractivity contribution is 7.93. The van der Waals surface area contributed by atoms with Crippen LogP contribution in [0.15, 0.2) is 54.9 Å². The summed E-state index contributed by atoms with van der Waals surface area (Å²) in [6, 6.07) is 9.93. The maximum atomic E-state index is 14.7. The van der Waals surface area contributed by atoms with Crippen LogP contribution in [0, 0.1) is 17.5 Å². The van der Waals surface area contributed by atoms with Gasteiger partial charge in [-0.2, -0.15) is 0 Å². The van der Waals surface area contributed by atoms with Gasteiger partial charge in [0.2, 0.25) is 10.0 Å². The predicted molar refractivity (Wildman–Crippen MR) is 104 cm³/mol. The van der Waals surface area contributed by atoms with Crippen molar-refractivity contribution in [2.45, 2.75) is 24.5 Å². The molecule has 29 heavy (non-hydrogen) atoms. The van der Waals surface area contributed by atoms with Gasteiger partial charge in [0.1, 0.15) is 5.82 Å². The van der Waals surface area contributed by atoms with Crippen molar-refractivity contribution in [3.63, 3.8) is 0 Å². The highest BCUT2D eigenvalue weighted by Gasteiger charge is 2.36. The van der Waals surface area contributed by atoms with Crippen molar-refractivity contribution >= 4 is 15.7 Å². The number of nitrogens with one attached hydrogen (secondary N) is 1. The van der Waals surface area contributed by atoms with Gasteiger partial charge in [0.25, 0.3) is 0 Å².